The Labute approximate surface area is 182 Å². The maximum Gasteiger partial charge on any atom is 0.268 e. The number of likely N-dealkylation sites (N-methyl/N-ethyl adjacent to an activating group) is 1. The largest absolute Gasteiger partial charge is 0.303 e. The monoisotopic (exact) mass is 459 g/mol. The first kappa shape index (κ1) is 21.4. The average Bonchev–Trinajstić information content (AvgIpc) is 2.87. The van der Waals surface area contributed by atoms with Crippen molar-refractivity contribution < 1.29 is 13.2 Å². The number of anilines is 1. The standard InChI is InChI=1S/C20H27Cl2N3O3S/c1-5-23-6-8-24(9-7-23)29(27,28)14-10-15-13(2)12-19(3,4)25-17(15)16(11-14)20(21,22)18(25)26/h10-11,13H,5-9,12H2,1-4H3. The highest BCUT2D eigenvalue weighted by Gasteiger charge is 2.56. The van der Waals surface area contributed by atoms with Crippen LogP contribution in [-0.2, 0) is 19.2 Å². The van der Waals surface area contributed by atoms with Crippen LogP contribution in [0.1, 0.15) is 51.2 Å². The van der Waals surface area contributed by atoms with E-state index < -0.39 is 25.8 Å². The Hall–Kier alpha value is -0.860. The molecule has 3 heterocycles. The minimum absolute atomic E-state index is 0.0807. The van der Waals surface area contributed by atoms with E-state index in [0.29, 0.717) is 43.9 Å². The van der Waals surface area contributed by atoms with Gasteiger partial charge in [0.2, 0.25) is 14.4 Å². The molecule has 0 radical (unpaired) electrons. The molecule has 4 rings (SSSR count). The van der Waals surface area contributed by atoms with Gasteiger partial charge in [0, 0.05) is 37.3 Å². The SMILES string of the molecule is CCN1CCN(S(=O)(=O)c2cc3c4c(c2)C(Cl)(Cl)C(=O)N4C(C)(C)CC3C)CC1. The number of carbonyl (C=O) groups excluding carboxylic acids is 1. The topological polar surface area (TPSA) is 60.9 Å². The molecule has 0 spiro atoms. The number of alkyl halides is 2. The van der Waals surface area contributed by atoms with Crippen LogP contribution in [-0.4, -0.2) is 61.8 Å². The first-order valence-electron chi connectivity index (χ1n) is 10.0. The summed E-state index contributed by atoms with van der Waals surface area (Å²) >= 11 is 13.0. The molecule has 1 fully saturated rings. The van der Waals surface area contributed by atoms with Crippen LogP contribution >= 0.6 is 23.2 Å². The molecule has 0 aliphatic carbocycles. The maximum absolute atomic E-state index is 13.4. The molecule has 1 unspecified atom stereocenters. The van der Waals surface area contributed by atoms with Crippen molar-refractivity contribution in [3.05, 3.63) is 23.3 Å². The van der Waals surface area contributed by atoms with Gasteiger partial charge >= 0.3 is 0 Å². The van der Waals surface area contributed by atoms with Crippen LogP contribution in [0, 0.1) is 0 Å². The minimum Gasteiger partial charge on any atom is -0.303 e. The Balaban J connectivity index is 1.83. The summed E-state index contributed by atoms with van der Waals surface area (Å²) in [6.45, 7) is 11.3. The fourth-order valence-corrected chi connectivity index (χ4v) is 6.91. The molecule has 0 bridgehead atoms. The lowest BCUT2D eigenvalue weighted by atomic mass is 9.80. The van der Waals surface area contributed by atoms with Crippen molar-refractivity contribution in [2.45, 2.75) is 54.8 Å². The summed E-state index contributed by atoms with van der Waals surface area (Å²) in [4.78, 5) is 17.1. The summed E-state index contributed by atoms with van der Waals surface area (Å²) in [6, 6.07) is 3.22. The number of nitrogens with zero attached hydrogens (tertiary/aromatic N) is 3. The van der Waals surface area contributed by atoms with E-state index in [9.17, 15) is 13.2 Å². The third-order valence-electron chi connectivity index (χ3n) is 6.50. The van der Waals surface area contributed by atoms with Gasteiger partial charge in [0.15, 0.2) is 0 Å². The number of halogens is 2. The lowest BCUT2D eigenvalue weighted by Gasteiger charge is -2.44. The second kappa shape index (κ2) is 6.82. The van der Waals surface area contributed by atoms with E-state index in [1.54, 1.807) is 11.0 Å². The Morgan fingerprint density at radius 1 is 1.14 bits per heavy atom. The number of hydrogen-bond acceptors (Lipinski definition) is 4. The van der Waals surface area contributed by atoms with Crippen molar-refractivity contribution in [2.75, 3.05) is 37.6 Å². The van der Waals surface area contributed by atoms with Gasteiger partial charge in [-0.25, -0.2) is 8.42 Å². The van der Waals surface area contributed by atoms with Crippen molar-refractivity contribution in [3.8, 4) is 0 Å². The molecule has 0 saturated carbocycles. The molecule has 1 saturated heterocycles. The third-order valence-corrected chi connectivity index (χ3v) is 9.11. The van der Waals surface area contributed by atoms with Crippen LogP contribution in [0.2, 0.25) is 0 Å². The molecule has 0 aromatic heterocycles. The Morgan fingerprint density at radius 2 is 1.76 bits per heavy atom. The van der Waals surface area contributed by atoms with Crippen LogP contribution in [0.5, 0.6) is 0 Å². The van der Waals surface area contributed by atoms with E-state index in [-0.39, 0.29) is 10.8 Å². The zero-order chi connectivity index (χ0) is 21.4. The highest BCUT2D eigenvalue weighted by Crippen LogP contribution is 2.57. The average molecular weight is 460 g/mol. The molecule has 1 aromatic carbocycles. The van der Waals surface area contributed by atoms with Gasteiger partial charge in [0.1, 0.15) is 0 Å². The van der Waals surface area contributed by atoms with E-state index in [0.717, 1.165) is 12.1 Å². The molecule has 0 N–H and O–H groups in total. The van der Waals surface area contributed by atoms with Crippen LogP contribution in [0.4, 0.5) is 5.69 Å². The summed E-state index contributed by atoms with van der Waals surface area (Å²) in [5.74, 6) is -0.322. The van der Waals surface area contributed by atoms with Gasteiger partial charge < -0.3 is 9.80 Å². The molecule has 1 atom stereocenters. The zero-order valence-electron chi connectivity index (χ0n) is 17.2. The van der Waals surface area contributed by atoms with E-state index in [1.165, 1.54) is 10.4 Å². The van der Waals surface area contributed by atoms with Crippen LogP contribution in [0.3, 0.4) is 0 Å². The second-order valence-corrected chi connectivity index (χ2v) is 12.1. The van der Waals surface area contributed by atoms with E-state index in [1.807, 2.05) is 13.8 Å². The summed E-state index contributed by atoms with van der Waals surface area (Å²) in [6.07, 6.45) is 0.702. The van der Waals surface area contributed by atoms with Gasteiger partial charge in [0.05, 0.1) is 10.6 Å². The number of piperazine rings is 1. The van der Waals surface area contributed by atoms with Crippen molar-refractivity contribution >= 4 is 44.8 Å². The van der Waals surface area contributed by atoms with Gasteiger partial charge in [-0.05, 0) is 50.4 Å². The summed E-state index contributed by atoms with van der Waals surface area (Å²) in [7, 11) is -3.70. The molecule has 6 nitrogen and oxygen atoms in total. The Kier molecular flexibility index (Phi) is 5.03. The van der Waals surface area contributed by atoms with Crippen LogP contribution in [0.15, 0.2) is 17.0 Å². The fourth-order valence-electron chi connectivity index (χ4n) is 4.96. The molecule has 1 amide bonds. The predicted octanol–water partition coefficient (Wildman–Crippen LogP) is 3.28. The lowest BCUT2D eigenvalue weighted by molar-refractivity contribution is -0.119. The number of sulfonamides is 1. The minimum atomic E-state index is -3.70. The first-order chi connectivity index (χ1) is 13.4. The highest BCUT2D eigenvalue weighted by molar-refractivity contribution is 7.89. The summed E-state index contributed by atoms with van der Waals surface area (Å²) in [5, 5.41) is 0. The number of carbonyl (C=O) groups is 1. The highest BCUT2D eigenvalue weighted by atomic mass is 35.5. The van der Waals surface area contributed by atoms with Gasteiger partial charge in [-0.1, -0.05) is 37.0 Å². The number of rotatable bonds is 3. The summed E-state index contributed by atoms with van der Waals surface area (Å²) in [5.41, 5.74) is 1.44. The third kappa shape index (κ3) is 3.12. The molecule has 3 aliphatic rings. The summed E-state index contributed by atoms with van der Waals surface area (Å²) < 4.78 is 26.5. The number of amides is 1. The van der Waals surface area contributed by atoms with Gasteiger partial charge in [0.25, 0.3) is 5.91 Å². The Bertz CT molecular complexity index is 969. The normalized spacial score (nSPS) is 26.6. The van der Waals surface area contributed by atoms with Crippen molar-refractivity contribution in [1.82, 2.24) is 9.21 Å². The van der Waals surface area contributed by atoms with Crippen molar-refractivity contribution in [2.24, 2.45) is 0 Å². The van der Waals surface area contributed by atoms with Crippen LogP contribution in [0.25, 0.3) is 0 Å². The smallest absolute Gasteiger partial charge is 0.268 e. The molecule has 29 heavy (non-hydrogen) atoms. The first-order valence-corrected chi connectivity index (χ1v) is 12.2. The second-order valence-electron chi connectivity index (χ2n) is 8.88. The quantitative estimate of drug-likeness (QED) is 0.650. The molecule has 3 aliphatic heterocycles. The molecule has 160 valence electrons. The van der Waals surface area contributed by atoms with Gasteiger partial charge in [-0.15, -0.1) is 0 Å². The molecule has 9 heteroatoms. The van der Waals surface area contributed by atoms with Crippen molar-refractivity contribution in [1.29, 1.82) is 0 Å². The van der Waals surface area contributed by atoms with Crippen molar-refractivity contribution in [3.63, 3.8) is 0 Å². The van der Waals surface area contributed by atoms with Crippen LogP contribution < -0.4 is 4.90 Å². The molecule has 1 aromatic rings. The predicted molar refractivity (Wildman–Crippen MR) is 115 cm³/mol. The Morgan fingerprint density at radius 3 is 2.34 bits per heavy atom. The number of benzene rings is 1. The van der Waals surface area contributed by atoms with E-state index in [4.69, 9.17) is 23.2 Å². The maximum atomic E-state index is 13.4. The zero-order valence-corrected chi connectivity index (χ0v) is 19.5. The number of hydrogen-bond donors (Lipinski definition) is 0. The van der Waals surface area contributed by atoms with Gasteiger partial charge in [-0.3, -0.25) is 4.79 Å². The van der Waals surface area contributed by atoms with E-state index >= 15 is 0 Å². The van der Waals surface area contributed by atoms with Gasteiger partial charge in [-0.2, -0.15) is 4.31 Å². The fraction of sp³-hybridized carbons (Fsp3) is 0.650. The van der Waals surface area contributed by atoms with E-state index in [2.05, 4.69) is 18.7 Å². The lowest BCUT2D eigenvalue weighted by Crippen LogP contribution is -2.51. The molecular weight excluding hydrogens is 433 g/mol. The molecular formula is C20H27Cl2N3O3S.